The van der Waals surface area contributed by atoms with Crippen LogP contribution in [0.15, 0.2) is 30.3 Å². The maximum atomic E-state index is 11.8. The van der Waals surface area contributed by atoms with Crippen molar-refractivity contribution in [2.75, 3.05) is 13.2 Å². The summed E-state index contributed by atoms with van der Waals surface area (Å²) in [6.45, 7) is 4.05. The SMILES string of the molecule is CCOC(=O)N(CCCc1ccccc1)[C@@H](C)C(=O)Cl. The van der Waals surface area contributed by atoms with Gasteiger partial charge in [-0.05, 0) is 43.9 Å². The first-order chi connectivity index (χ1) is 9.56. The van der Waals surface area contributed by atoms with Gasteiger partial charge in [-0.25, -0.2) is 4.79 Å². The van der Waals surface area contributed by atoms with E-state index in [4.69, 9.17) is 16.3 Å². The Kier molecular flexibility index (Phi) is 7.09. The molecule has 0 saturated heterocycles. The van der Waals surface area contributed by atoms with E-state index in [1.54, 1.807) is 13.8 Å². The highest BCUT2D eigenvalue weighted by Crippen LogP contribution is 2.09. The molecule has 0 aliphatic rings. The van der Waals surface area contributed by atoms with Crippen LogP contribution >= 0.6 is 11.6 Å². The Morgan fingerprint density at radius 1 is 1.30 bits per heavy atom. The zero-order valence-electron chi connectivity index (χ0n) is 11.8. The third kappa shape index (κ3) is 5.21. The Morgan fingerprint density at radius 3 is 2.50 bits per heavy atom. The second kappa shape index (κ2) is 8.59. The lowest BCUT2D eigenvalue weighted by molar-refractivity contribution is -0.115. The molecule has 1 aromatic carbocycles. The monoisotopic (exact) mass is 297 g/mol. The number of carbonyl (C=O) groups excluding carboxylic acids is 2. The van der Waals surface area contributed by atoms with Crippen LogP contribution in [-0.4, -0.2) is 35.4 Å². The molecular formula is C15H20ClNO3. The topological polar surface area (TPSA) is 46.6 Å². The molecule has 0 heterocycles. The Balaban J connectivity index is 2.56. The quantitative estimate of drug-likeness (QED) is 0.726. The second-order valence-corrected chi connectivity index (χ2v) is 4.83. The van der Waals surface area contributed by atoms with Gasteiger partial charge in [0.15, 0.2) is 0 Å². The minimum absolute atomic E-state index is 0.275. The van der Waals surface area contributed by atoms with Gasteiger partial charge >= 0.3 is 6.09 Å². The highest BCUT2D eigenvalue weighted by molar-refractivity contribution is 6.64. The fraction of sp³-hybridized carbons (Fsp3) is 0.467. The molecule has 20 heavy (non-hydrogen) atoms. The van der Waals surface area contributed by atoms with E-state index < -0.39 is 17.4 Å². The van der Waals surface area contributed by atoms with Crippen molar-refractivity contribution in [2.45, 2.75) is 32.7 Å². The molecule has 1 aromatic rings. The molecule has 110 valence electrons. The minimum Gasteiger partial charge on any atom is -0.450 e. The van der Waals surface area contributed by atoms with Crippen molar-refractivity contribution in [1.82, 2.24) is 4.90 Å². The molecule has 0 unspecified atom stereocenters. The molecule has 1 rings (SSSR count). The first-order valence-electron chi connectivity index (χ1n) is 6.73. The summed E-state index contributed by atoms with van der Waals surface area (Å²) in [5.41, 5.74) is 1.20. The Hall–Kier alpha value is -1.55. The molecule has 0 spiro atoms. The van der Waals surface area contributed by atoms with Gasteiger partial charge in [0.1, 0.15) is 6.04 Å². The predicted octanol–water partition coefficient (Wildman–Crippen LogP) is 3.23. The fourth-order valence-electron chi connectivity index (χ4n) is 1.87. The van der Waals surface area contributed by atoms with Crippen LogP contribution in [0.4, 0.5) is 4.79 Å². The summed E-state index contributed by atoms with van der Waals surface area (Å²) in [7, 11) is 0. The van der Waals surface area contributed by atoms with Crippen molar-refractivity contribution in [3.05, 3.63) is 35.9 Å². The van der Waals surface area contributed by atoms with Gasteiger partial charge in [-0.1, -0.05) is 30.3 Å². The van der Waals surface area contributed by atoms with Crippen molar-refractivity contribution < 1.29 is 14.3 Å². The lowest BCUT2D eigenvalue weighted by Gasteiger charge is -2.25. The smallest absolute Gasteiger partial charge is 0.410 e. The van der Waals surface area contributed by atoms with E-state index in [9.17, 15) is 9.59 Å². The third-order valence-corrected chi connectivity index (χ3v) is 3.32. The van der Waals surface area contributed by atoms with Crippen molar-refractivity contribution in [3.8, 4) is 0 Å². The van der Waals surface area contributed by atoms with Gasteiger partial charge in [0.25, 0.3) is 0 Å². The van der Waals surface area contributed by atoms with Crippen LogP contribution in [0.3, 0.4) is 0 Å². The normalized spacial score (nSPS) is 11.8. The molecule has 0 N–H and O–H groups in total. The van der Waals surface area contributed by atoms with Gasteiger partial charge in [0, 0.05) is 6.54 Å². The highest BCUT2D eigenvalue weighted by atomic mass is 35.5. The van der Waals surface area contributed by atoms with Crippen molar-refractivity contribution in [1.29, 1.82) is 0 Å². The third-order valence-electron chi connectivity index (χ3n) is 3.01. The summed E-state index contributed by atoms with van der Waals surface area (Å²) in [6.07, 6.45) is 1.08. The number of rotatable bonds is 7. The summed E-state index contributed by atoms with van der Waals surface area (Å²) in [4.78, 5) is 24.4. The lowest BCUT2D eigenvalue weighted by atomic mass is 10.1. The van der Waals surface area contributed by atoms with E-state index in [0.29, 0.717) is 6.54 Å². The molecular weight excluding hydrogens is 278 g/mol. The zero-order valence-corrected chi connectivity index (χ0v) is 12.6. The number of nitrogens with zero attached hydrogens (tertiary/aromatic N) is 1. The maximum absolute atomic E-state index is 11.8. The van der Waals surface area contributed by atoms with Crippen LogP contribution in [0, 0.1) is 0 Å². The van der Waals surface area contributed by atoms with Crippen molar-refractivity contribution in [3.63, 3.8) is 0 Å². The summed E-state index contributed by atoms with van der Waals surface area (Å²) in [5.74, 6) is 0. The summed E-state index contributed by atoms with van der Waals surface area (Å²) >= 11 is 5.47. The molecule has 5 heteroatoms. The van der Waals surface area contributed by atoms with Gasteiger partial charge < -0.3 is 4.74 Å². The number of hydrogen-bond acceptors (Lipinski definition) is 3. The number of carbonyl (C=O) groups is 2. The predicted molar refractivity (Wildman–Crippen MR) is 78.8 cm³/mol. The Bertz CT molecular complexity index is 436. The van der Waals surface area contributed by atoms with Crippen LogP contribution in [0.1, 0.15) is 25.8 Å². The lowest BCUT2D eigenvalue weighted by Crippen LogP contribution is -2.42. The van der Waals surface area contributed by atoms with Gasteiger partial charge in [-0.2, -0.15) is 0 Å². The molecule has 0 aliphatic heterocycles. The Labute approximate surface area is 124 Å². The van der Waals surface area contributed by atoms with Gasteiger partial charge in [0.05, 0.1) is 6.61 Å². The van der Waals surface area contributed by atoms with E-state index in [-0.39, 0.29) is 6.61 Å². The van der Waals surface area contributed by atoms with Gasteiger partial charge in [-0.15, -0.1) is 0 Å². The number of ether oxygens (including phenoxy) is 1. The van der Waals surface area contributed by atoms with E-state index in [0.717, 1.165) is 12.8 Å². The summed E-state index contributed by atoms with van der Waals surface area (Å²) < 4.78 is 4.95. The summed E-state index contributed by atoms with van der Waals surface area (Å²) in [5, 5.41) is -0.558. The molecule has 0 saturated carbocycles. The molecule has 1 atom stereocenters. The molecule has 0 aliphatic carbocycles. The fourth-order valence-corrected chi connectivity index (χ4v) is 1.99. The van der Waals surface area contributed by atoms with Crippen LogP contribution < -0.4 is 0 Å². The number of halogens is 1. The zero-order chi connectivity index (χ0) is 15.0. The van der Waals surface area contributed by atoms with Crippen LogP contribution in [0.2, 0.25) is 0 Å². The van der Waals surface area contributed by atoms with E-state index in [2.05, 4.69) is 0 Å². The number of amides is 1. The first kappa shape index (κ1) is 16.5. The number of aryl methyl sites for hydroxylation is 1. The Morgan fingerprint density at radius 2 is 1.95 bits per heavy atom. The van der Waals surface area contributed by atoms with Crippen molar-refractivity contribution in [2.24, 2.45) is 0 Å². The van der Waals surface area contributed by atoms with Crippen LogP contribution in [0.25, 0.3) is 0 Å². The number of benzene rings is 1. The van der Waals surface area contributed by atoms with E-state index >= 15 is 0 Å². The van der Waals surface area contributed by atoms with Crippen LogP contribution in [-0.2, 0) is 16.0 Å². The number of hydrogen-bond donors (Lipinski definition) is 0. The highest BCUT2D eigenvalue weighted by Gasteiger charge is 2.25. The summed E-state index contributed by atoms with van der Waals surface area (Å²) in [6, 6.07) is 9.30. The molecule has 0 bridgehead atoms. The molecule has 4 nitrogen and oxygen atoms in total. The average Bonchev–Trinajstić information content (AvgIpc) is 2.44. The second-order valence-electron chi connectivity index (χ2n) is 4.46. The average molecular weight is 298 g/mol. The standard InChI is InChI=1S/C15H20ClNO3/c1-3-20-15(19)17(12(2)14(16)18)11-7-10-13-8-5-4-6-9-13/h4-6,8-9,12H,3,7,10-11H2,1-2H3/t12-/m0/s1. The molecule has 1 amide bonds. The van der Waals surface area contributed by atoms with Gasteiger partial charge in [-0.3, -0.25) is 9.69 Å². The molecule has 0 fully saturated rings. The van der Waals surface area contributed by atoms with E-state index in [1.807, 2.05) is 30.3 Å². The van der Waals surface area contributed by atoms with E-state index in [1.165, 1.54) is 10.5 Å². The maximum Gasteiger partial charge on any atom is 0.410 e. The largest absolute Gasteiger partial charge is 0.450 e. The van der Waals surface area contributed by atoms with Crippen molar-refractivity contribution >= 4 is 22.9 Å². The molecule has 0 aromatic heterocycles. The molecule has 0 radical (unpaired) electrons. The first-order valence-corrected chi connectivity index (χ1v) is 7.10. The minimum atomic E-state index is -0.675. The van der Waals surface area contributed by atoms with Crippen LogP contribution in [0.5, 0.6) is 0 Å². The van der Waals surface area contributed by atoms with Gasteiger partial charge in [0.2, 0.25) is 5.24 Å².